The van der Waals surface area contributed by atoms with Crippen molar-refractivity contribution >= 4 is 17.8 Å². The fraction of sp³-hybridized carbons (Fsp3) is 0.233. The van der Waals surface area contributed by atoms with Gasteiger partial charge in [-0.05, 0) is 49.9 Å². The molecule has 0 atom stereocenters. The number of hydrogen-bond acceptors (Lipinski definition) is 4. The predicted molar refractivity (Wildman–Crippen MR) is 144 cm³/mol. The lowest BCUT2D eigenvalue weighted by molar-refractivity contribution is -0.117. The molecule has 2 amide bonds. The van der Waals surface area contributed by atoms with Crippen molar-refractivity contribution in [3.8, 4) is 22.7 Å². The fourth-order valence-electron chi connectivity index (χ4n) is 4.28. The van der Waals surface area contributed by atoms with Gasteiger partial charge in [0.15, 0.2) is 0 Å². The zero-order valence-electron chi connectivity index (χ0n) is 21.1. The quantitative estimate of drug-likeness (QED) is 0.302. The van der Waals surface area contributed by atoms with Gasteiger partial charge in [-0.2, -0.15) is 0 Å². The van der Waals surface area contributed by atoms with Crippen molar-refractivity contribution in [3.63, 3.8) is 0 Å². The van der Waals surface area contributed by atoms with Crippen molar-refractivity contribution in [1.29, 1.82) is 0 Å². The Hall–Kier alpha value is -4.46. The van der Waals surface area contributed by atoms with Gasteiger partial charge in [-0.3, -0.25) is 19.5 Å². The third kappa shape index (κ3) is 5.91. The molecule has 7 nitrogen and oxygen atoms in total. The van der Waals surface area contributed by atoms with Crippen molar-refractivity contribution in [3.05, 3.63) is 96.4 Å². The SMILES string of the molecule is CCOc1cccc(-n2cc(-c3ccccc3)nc2NC(=O)CN(CC2CC2)C(=O)c2ccccc2F)c1. The number of nitrogens with one attached hydrogen (secondary N) is 1. The van der Waals surface area contributed by atoms with E-state index in [-0.39, 0.29) is 12.1 Å². The van der Waals surface area contributed by atoms with Crippen molar-refractivity contribution < 1.29 is 18.7 Å². The van der Waals surface area contributed by atoms with Crippen LogP contribution in [-0.2, 0) is 4.79 Å². The maximum absolute atomic E-state index is 14.4. The summed E-state index contributed by atoms with van der Waals surface area (Å²) in [5, 5.41) is 2.88. The first-order chi connectivity index (χ1) is 18.5. The summed E-state index contributed by atoms with van der Waals surface area (Å²) in [6.07, 6.45) is 3.83. The third-order valence-corrected chi connectivity index (χ3v) is 6.33. The number of rotatable bonds is 10. The Morgan fingerprint density at radius 3 is 2.55 bits per heavy atom. The van der Waals surface area contributed by atoms with Gasteiger partial charge in [-0.25, -0.2) is 9.37 Å². The summed E-state index contributed by atoms with van der Waals surface area (Å²) in [4.78, 5) is 32.6. The van der Waals surface area contributed by atoms with Gasteiger partial charge in [0, 0.05) is 24.4 Å². The van der Waals surface area contributed by atoms with Crippen LogP contribution in [0.15, 0.2) is 85.1 Å². The average molecular weight is 513 g/mol. The molecule has 38 heavy (non-hydrogen) atoms. The molecule has 1 saturated carbocycles. The Balaban J connectivity index is 1.42. The van der Waals surface area contributed by atoms with E-state index >= 15 is 0 Å². The molecule has 0 saturated heterocycles. The van der Waals surface area contributed by atoms with Crippen molar-refractivity contribution in [1.82, 2.24) is 14.5 Å². The van der Waals surface area contributed by atoms with Crippen LogP contribution in [0.4, 0.5) is 10.3 Å². The zero-order chi connectivity index (χ0) is 26.5. The lowest BCUT2D eigenvalue weighted by atomic mass is 10.1. The van der Waals surface area contributed by atoms with Crippen LogP contribution in [0.2, 0.25) is 0 Å². The van der Waals surface area contributed by atoms with Crippen LogP contribution in [0, 0.1) is 11.7 Å². The molecular weight excluding hydrogens is 483 g/mol. The van der Waals surface area contributed by atoms with Crippen molar-refractivity contribution in [2.24, 2.45) is 5.92 Å². The molecule has 0 unspecified atom stereocenters. The molecule has 4 aromatic rings. The van der Waals surface area contributed by atoms with Gasteiger partial charge in [0.1, 0.15) is 18.1 Å². The number of amides is 2. The second-order valence-electron chi connectivity index (χ2n) is 9.27. The van der Waals surface area contributed by atoms with Gasteiger partial charge >= 0.3 is 0 Å². The maximum atomic E-state index is 14.4. The highest BCUT2D eigenvalue weighted by Crippen LogP contribution is 2.30. The van der Waals surface area contributed by atoms with Gasteiger partial charge in [0.25, 0.3) is 5.91 Å². The third-order valence-electron chi connectivity index (χ3n) is 6.33. The highest BCUT2D eigenvalue weighted by molar-refractivity contribution is 5.99. The maximum Gasteiger partial charge on any atom is 0.257 e. The van der Waals surface area contributed by atoms with E-state index in [4.69, 9.17) is 9.72 Å². The minimum absolute atomic E-state index is 0.0402. The number of halogens is 1. The Morgan fingerprint density at radius 2 is 1.82 bits per heavy atom. The molecule has 1 aliphatic carbocycles. The number of carbonyl (C=O) groups excluding carboxylic acids is 2. The number of aromatic nitrogens is 2. The predicted octanol–water partition coefficient (Wildman–Crippen LogP) is 5.57. The highest BCUT2D eigenvalue weighted by Gasteiger charge is 2.30. The van der Waals surface area contributed by atoms with Crippen LogP contribution in [0.3, 0.4) is 0 Å². The van der Waals surface area contributed by atoms with E-state index < -0.39 is 17.6 Å². The molecule has 3 aromatic carbocycles. The molecule has 1 aliphatic rings. The second-order valence-corrected chi connectivity index (χ2v) is 9.27. The van der Waals surface area contributed by atoms with Gasteiger partial charge in [-0.15, -0.1) is 0 Å². The minimum atomic E-state index is -0.601. The van der Waals surface area contributed by atoms with E-state index in [0.29, 0.717) is 36.5 Å². The summed E-state index contributed by atoms with van der Waals surface area (Å²) in [6.45, 7) is 2.63. The first kappa shape index (κ1) is 25.2. The molecule has 0 aliphatic heterocycles. The monoisotopic (exact) mass is 512 g/mol. The number of anilines is 1. The zero-order valence-corrected chi connectivity index (χ0v) is 21.1. The number of benzene rings is 3. The van der Waals surface area contributed by atoms with Gasteiger partial charge in [0.2, 0.25) is 11.9 Å². The summed E-state index contributed by atoms with van der Waals surface area (Å²) in [7, 11) is 0. The van der Waals surface area contributed by atoms with E-state index in [2.05, 4.69) is 5.32 Å². The molecular formula is C30H29FN4O3. The van der Waals surface area contributed by atoms with Crippen molar-refractivity contribution in [2.75, 3.05) is 25.0 Å². The summed E-state index contributed by atoms with van der Waals surface area (Å²) in [5.74, 6) is -0.177. The van der Waals surface area contributed by atoms with Crippen LogP contribution in [0.5, 0.6) is 5.75 Å². The summed E-state index contributed by atoms with van der Waals surface area (Å²) < 4.78 is 21.8. The Morgan fingerprint density at radius 1 is 1.05 bits per heavy atom. The standard InChI is InChI=1S/C30H29FN4O3/c1-2-38-24-12-8-11-23(17-24)35-19-27(22-9-4-3-5-10-22)32-30(35)33-28(36)20-34(18-21-15-16-21)29(37)25-13-6-7-14-26(25)31/h3-14,17,19,21H,2,15-16,18,20H2,1H3,(H,32,33,36). The van der Waals surface area contributed by atoms with Crippen LogP contribution >= 0.6 is 0 Å². The van der Waals surface area contributed by atoms with E-state index in [0.717, 1.165) is 24.1 Å². The van der Waals surface area contributed by atoms with Gasteiger partial charge in [-0.1, -0.05) is 48.5 Å². The van der Waals surface area contributed by atoms with Crippen LogP contribution in [0.25, 0.3) is 16.9 Å². The molecule has 0 radical (unpaired) electrons. The number of carbonyl (C=O) groups is 2. The highest BCUT2D eigenvalue weighted by atomic mass is 19.1. The number of imidazole rings is 1. The summed E-state index contributed by atoms with van der Waals surface area (Å²) >= 11 is 0. The van der Waals surface area contributed by atoms with E-state index in [1.54, 1.807) is 10.6 Å². The largest absolute Gasteiger partial charge is 0.494 e. The Labute approximate surface area is 220 Å². The number of ether oxygens (including phenoxy) is 1. The van der Waals surface area contributed by atoms with E-state index in [1.807, 2.05) is 67.7 Å². The van der Waals surface area contributed by atoms with E-state index in [9.17, 15) is 14.0 Å². The normalized spacial score (nSPS) is 12.7. The topological polar surface area (TPSA) is 76.5 Å². The molecule has 0 spiro atoms. The number of hydrogen-bond donors (Lipinski definition) is 1. The minimum Gasteiger partial charge on any atom is -0.494 e. The van der Waals surface area contributed by atoms with Crippen LogP contribution < -0.4 is 10.1 Å². The molecule has 1 heterocycles. The molecule has 1 fully saturated rings. The number of nitrogens with zero attached hydrogens (tertiary/aromatic N) is 3. The van der Waals surface area contributed by atoms with Crippen LogP contribution in [-0.4, -0.2) is 46.0 Å². The lowest BCUT2D eigenvalue weighted by Gasteiger charge is -2.22. The fourth-order valence-corrected chi connectivity index (χ4v) is 4.28. The smallest absolute Gasteiger partial charge is 0.257 e. The molecule has 194 valence electrons. The molecule has 8 heteroatoms. The Bertz CT molecular complexity index is 1430. The first-order valence-electron chi connectivity index (χ1n) is 12.7. The molecule has 0 bridgehead atoms. The molecule has 1 aromatic heterocycles. The van der Waals surface area contributed by atoms with E-state index in [1.165, 1.54) is 23.1 Å². The van der Waals surface area contributed by atoms with Gasteiger partial charge < -0.3 is 9.64 Å². The molecule has 5 rings (SSSR count). The summed E-state index contributed by atoms with van der Waals surface area (Å²) in [6, 6.07) is 23.0. The van der Waals surface area contributed by atoms with Crippen LogP contribution in [0.1, 0.15) is 30.1 Å². The average Bonchev–Trinajstić information content (AvgIpc) is 3.65. The Kier molecular flexibility index (Phi) is 7.49. The van der Waals surface area contributed by atoms with Crippen molar-refractivity contribution in [2.45, 2.75) is 19.8 Å². The lowest BCUT2D eigenvalue weighted by Crippen LogP contribution is -2.40. The first-order valence-corrected chi connectivity index (χ1v) is 12.7. The summed E-state index contributed by atoms with van der Waals surface area (Å²) in [5.41, 5.74) is 2.30. The van der Waals surface area contributed by atoms with Gasteiger partial charge in [0.05, 0.1) is 23.6 Å². The molecule has 1 N–H and O–H groups in total. The second kappa shape index (κ2) is 11.3.